The van der Waals surface area contributed by atoms with Crippen molar-refractivity contribution in [3.05, 3.63) is 0 Å². The summed E-state index contributed by atoms with van der Waals surface area (Å²) in [7, 11) is 0. The highest BCUT2D eigenvalue weighted by atomic mass is 14.4. The van der Waals surface area contributed by atoms with Gasteiger partial charge in [0.25, 0.3) is 0 Å². The van der Waals surface area contributed by atoms with E-state index in [0.29, 0.717) is 0 Å². The van der Waals surface area contributed by atoms with Gasteiger partial charge in [0.2, 0.25) is 0 Å². The van der Waals surface area contributed by atoms with E-state index < -0.39 is 0 Å². The van der Waals surface area contributed by atoms with Crippen LogP contribution < -0.4 is 0 Å². The van der Waals surface area contributed by atoms with Crippen molar-refractivity contribution in [3.8, 4) is 0 Å². The fourth-order valence-electron chi connectivity index (χ4n) is 5.16. The quantitative estimate of drug-likeness (QED) is 0.561. The average molecular weight is 264 g/mol. The molecule has 0 aliphatic heterocycles. The van der Waals surface area contributed by atoms with E-state index in [2.05, 4.69) is 27.7 Å². The van der Waals surface area contributed by atoms with Gasteiger partial charge in [-0.05, 0) is 61.2 Å². The Hall–Kier alpha value is 0. The predicted octanol–water partition coefficient (Wildman–Crippen LogP) is 6.30. The van der Waals surface area contributed by atoms with Gasteiger partial charge in [0.05, 0.1) is 0 Å². The van der Waals surface area contributed by atoms with Crippen molar-refractivity contribution in [1.29, 1.82) is 0 Å². The van der Waals surface area contributed by atoms with E-state index in [1.807, 2.05) is 0 Å². The van der Waals surface area contributed by atoms with E-state index in [0.717, 1.165) is 35.5 Å². The van der Waals surface area contributed by atoms with Gasteiger partial charge >= 0.3 is 0 Å². The van der Waals surface area contributed by atoms with Gasteiger partial charge in [0.15, 0.2) is 0 Å². The van der Waals surface area contributed by atoms with E-state index in [4.69, 9.17) is 0 Å². The molecule has 0 amide bonds. The molecule has 4 atom stereocenters. The van der Waals surface area contributed by atoms with E-state index in [9.17, 15) is 0 Å². The van der Waals surface area contributed by atoms with Crippen LogP contribution >= 0.6 is 0 Å². The van der Waals surface area contributed by atoms with E-state index in [1.165, 1.54) is 38.5 Å². The summed E-state index contributed by atoms with van der Waals surface area (Å²) in [6.45, 7) is 9.79. The Morgan fingerprint density at radius 3 is 2.16 bits per heavy atom. The largest absolute Gasteiger partial charge is 0.0628 e. The highest BCUT2D eigenvalue weighted by Gasteiger charge is 2.38. The van der Waals surface area contributed by atoms with Crippen molar-refractivity contribution in [3.63, 3.8) is 0 Å². The van der Waals surface area contributed by atoms with Gasteiger partial charge in [0, 0.05) is 0 Å². The monoisotopic (exact) mass is 264 g/mol. The van der Waals surface area contributed by atoms with Crippen molar-refractivity contribution in [2.24, 2.45) is 35.5 Å². The summed E-state index contributed by atoms with van der Waals surface area (Å²) in [6.07, 6.45) is 13.7. The molecule has 0 radical (unpaired) electrons. The lowest BCUT2D eigenvalue weighted by atomic mass is 9.60. The molecular formula is C19H36. The van der Waals surface area contributed by atoms with Crippen LogP contribution in [0, 0.1) is 35.5 Å². The average Bonchev–Trinajstić information content (AvgIpc) is 2.29. The Morgan fingerprint density at radius 2 is 1.53 bits per heavy atom. The van der Waals surface area contributed by atoms with Gasteiger partial charge in [0.1, 0.15) is 0 Å². The smallest absolute Gasteiger partial charge is 0.0355 e. The number of rotatable bonds is 3. The molecule has 2 rings (SSSR count). The second-order valence-electron chi connectivity index (χ2n) is 8.29. The van der Waals surface area contributed by atoms with E-state index >= 15 is 0 Å². The van der Waals surface area contributed by atoms with Crippen molar-refractivity contribution >= 4 is 0 Å². The summed E-state index contributed by atoms with van der Waals surface area (Å²) in [4.78, 5) is 0. The molecule has 2 saturated carbocycles. The summed E-state index contributed by atoms with van der Waals surface area (Å²) in [5.74, 6) is 6.01. The Kier molecular flexibility index (Phi) is 5.78. The molecule has 0 aromatic heterocycles. The summed E-state index contributed by atoms with van der Waals surface area (Å²) < 4.78 is 0. The second kappa shape index (κ2) is 7.14. The first kappa shape index (κ1) is 15.4. The molecule has 19 heavy (non-hydrogen) atoms. The van der Waals surface area contributed by atoms with Gasteiger partial charge in [-0.2, -0.15) is 0 Å². The zero-order valence-electron chi connectivity index (χ0n) is 13.8. The summed E-state index contributed by atoms with van der Waals surface area (Å²) in [5, 5.41) is 0. The molecule has 2 aliphatic rings. The number of fused-ring (bicyclic) bond motifs is 1. The molecule has 2 fully saturated rings. The van der Waals surface area contributed by atoms with Crippen LogP contribution in [-0.4, -0.2) is 0 Å². The normalized spacial score (nSPS) is 36.9. The zero-order valence-corrected chi connectivity index (χ0v) is 13.8. The predicted molar refractivity (Wildman–Crippen MR) is 85.2 cm³/mol. The second-order valence-corrected chi connectivity index (χ2v) is 8.29. The Labute approximate surface area is 121 Å². The maximum absolute atomic E-state index is 2.48. The summed E-state index contributed by atoms with van der Waals surface area (Å²) in [6, 6.07) is 0. The van der Waals surface area contributed by atoms with Crippen LogP contribution in [0.15, 0.2) is 0 Å². The Balaban J connectivity index is 2.05. The number of hydrogen-bond donors (Lipinski definition) is 0. The van der Waals surface area contributed by atoms with E-state index in [1.54, 1.807) is 19.3 Å². The summed E-state index contributed by atoms with van der Waals surface area (Å²) in [5.41, 5.74) is 0. The lowest BCUT2D eigenvalue weighted by molar-refractivity contribution is 0.0463. The topological polar surface area (TPSA) is 0 Å². The van der Waals surface area contributed by atoms with Crippen molar-refractivity contribution in [1.82, 2.24) is 0 Å². The van der Waals surface area contributed by atoms with Crippen LogP contribution in [-0.2, 0) is 0 Å². The first-order chi connectivity index (χ1) is 9.08. The molecule has 0 saturated heterocycles. The van der Waals surface area contributed by atoms with Crippen LogP contribution in [0.2, 0.25) is 0 Å². The fourth-order valence-corrected chi connectivity index (χ4v) is 5.16. The van der Waals surface area contributed by atoms with Gasteiger partial charge < -0.3 is 0 Å². The molecule has 4 unspecified atom stereocenters. The SMILES string of the molecule is CC(C)CC1CC2CCCCCCC2C(C(C)C)C1. The fraction of sp³-hybridized carbons (Fsp3) is 1.00. The van der Waals surface area contributed by atoms with Crippen LogP contribution in [0.5, 0.6) is 0 Å². The third kappa shape index (κ3) is 4.23. The van der Waals surface area contributed by atoms with Crippen LogP contribution in [0.4, 0.5) is 0 Å². The van der Waals surface area contributed by atoms with Crippen LogP contribution in [0.3, 0.4) is 0 Å². The standard InChI is InChI=1S/C19H36/c1-14(2)11-16-12-17-9-7-5-6-8-10-18(17)19(13-16)15(3)4/h14-19H,5-13H2,1-4H3. The summed E-state index contributed by atoms with van der Waals surface area (Å²) >= 11 is 0. The molecule has 0 aromatic carbocycles. The molecule has 0 spiro atoms. The van der Waals surface area contributed by atoms with Crippen LogP contribution in [0.1, 0.15) is 85.5 Å². The third-order valence-corrected chi connectivity index (χ3v) is 5.92. The van der Waals surface area contributed by atoms with Crippen molar-refractivity contribution in [2.45, 2.75) is 85.5 Å². The minimum absolute atomic E-state index is 0.892. The maximum Gasteiger partial charge on any atom is -0.0355 e. The highest BCUT2D eigenvalue weighted by Crippen LogP contribution is 2.48. The molecule has 2 aliphatic carbocycles. The first-order valence-electron chi connectivity index (χ1n) is 9.08. The van der Waals surface area contributed by atoms with Gasteiger partial charge in [-0.15, -0.1) is 0 Å². The first-order valence-corrected chi connectivity index (χ1v) is 9.08. The molecule has 0 aromatic rings. The molecule has 0 bridgehead atoms. The van der Waals surface area contributed by atoms with Gasteiger partial charge in [-0.25, -0.2) is 0 Å². The number of hydrogen-bond acceptors (Lipinski definition) is 0. The molecule has 0 heterocycles. The zero-order chi connectivity index (χ0) is 13.8. The molecule has 0 heteroatoms. The lowest BCUT2D eigenvalue weighted by Crippen LogP contribution is -2.36. The molecule has 0 nitrogen and oxygen atoms in total. The van der Waals surface area contributed by atoms with E-state index in [-0.39, 0.29) is 0 Å². The van der Waals surface area contributed by atoms with Crippen molar-refractivity contribution < 1.29 is 0 Å². The maximum atomic E-state index is 2.48. The molecule has 112 valence electrons. The van der Waals surface area contributed by atoms with Gasteiger partial charge in [-0.1, -0.05) is 59.8 Å². The Morgan fingerprint density at radius 1 is 0.842 bits per heavy atom. The lowest BCUT2D eigenvalue weighted by Gasteiger charge is -2.45. The minimum atomic E-state index is 0.892. The van der Waals surface area contributed by atoms with Gasteiger partial charge in [-0.3, -0.25) is 0 Å². The highest BCUT2D eigenvalue weighted by molar-refractivity contribution is 4.88. The Bertz CT molecular complexity index is 253. The molecular weight excluding hydrogens is 228 g/mol. The minimum Gasteiger partial charge on any atom is -0.0628 e. The molecule has 0 N–H and O–H groups in total. The third-order valence-electron chi connectivity index (χ3n) is 5.92. The van der Waals surface area contributed by atoms with Crippen molar-refractivity contribution in [2.75, 3.05) is 0 Å². The van der Waals surface area contributed by atoms with Crippen LogP contribution in [0.25, 0.3) is 0 Å².